The van der Waals surface area contributed by atoms with E-state index in [2.05, 4.69) is 31.3 Å². The van der Waals surface area contributed by atoms with Gasteiger partial charge in [0, 0.05) is 19.4 Å². The van der Waals surface area contributed by atoms with E-state index in [4.69, 9.17) is 19.3 Å². The van der Waals surface area contributed by atoms with Crippen LogP contribution in [0.4, 0.5) is 0 Å². The fourth-order valence-corrected chi connectivity index (χ4v) is 2.73. The van der Waals surface area contributed by atoms with Crippen molar-refractivity contribution in [3.63, 3.8) is 0 Å². The van der Waals surface area contributed by atoms with Gasteiger partial charge in [-0.15, -0.1) is 0 Å². The third-order valence-corrected chi connectivity index (χ3v) is 4.41. The zero-order chi connectivity index (χ0) is 22.9. The van der Waals surface area contributed by atoms with Gasteiger partial charge >= 0.3 is 0 Å². The molecule has 0 radical (unpaired) electrons. The van der Waals surface area contributed by atoms with Gasteiger partial charge in [0.1, 0.15) is 6.61 Å². The molecule has 1 rings (SSSR count). The predicted molar refractivity (Wildman–Crippen MR) is 120 cm³/mol. The van der Waals surface area contributed by atoms with Gasteiger partial charge in [-0.05, 0) is 42.9 Å². The van der Waals surface area contributed by atoms with Crippen molar-refractivity contribution < 1.29 is 28.9 Å². The van der Waals surface area contributed by atoms with Crippen molar-refractivity contribution in [2.24, 2.45) is 5.92 Å². The molecule has 31 heavy (non-hydrogen) atoms. The molecule has 7 heteroatoms. The van der Waals surface area contributed by atoms with Gasteiger partial charge in [0.25, 0.3) is 0 Å². The third kappa shape index (κ3) is 12.8. The molecule has 0 fully saturated rings. The Bertz CT molecular complexity index is 687. The Labute approximate surface area is 185 Å². The highest BCUT2D eigenvalue weighted by Gasteiger charge is 2.10. The van der Waals surface area contributed by atoms with Gasteiger partial charge in [-0.1, -0.05) is 32.1 Å². The molecule has 0 spiro atoms. The van der Waals surface area contributed by atoms with Crippen molar-refractivity contribution in [3.05, 3.63) is 35.9 Å². The maximum Gasteiger partial charge on any atom is 0.220 e. The summed E-state index contributed by atoms with van der Waals surface area (Å²) in [6.07, 6.45) is 7.97. The summed E-state index contributed by atoms with van der Waals surface area (Å²) in [5.74, 6) is 1.47. The van der Waals surface area contributed by atoms with Crippen molar-refractivity contribution in [1.82, 2.24) is 5.32 Å². The third-order valence-electron chi connectivity index (χ3n) is 4.41. The molecule has 1 aromatic rings. The SMILES string of the molecule is COc1cc(CNC(=O)CCCC/C=C/C(C)C)ccc1OCC(=O)CCOCCO. The van der Waals surface area contributed by atoms with Gasteiger partial charge in [0.05, 0.1) is 26.9 Å². The first-order valence-electron chi connectivity index (χ1n) is 10.9. The van der Waals surface area contributed by atoms with Gasteiger partial charge in [-0.2, -0.15) is 0 Å². The molecule has 0 aliphatic carbocycles. The lowest BCUT2D eigenvalue weighted by molar-refractivity contribution is -0.122. The first-order chi connectivity index (χ1) is 15.0. The van der Waals surface area contributed by atoms with E-state index in [0.29, 0.717) is 30.4 Å². The second-order valence-corrected chi connectivity index (χ2v) is 7.59. The van der Waals surface area contributed by atoms with Crippen LogP contribution >= 0.6 is 0 Å². The van der Waals surface area contributed by atoms with E-state index in [9.17, 15) is 9.59 Å². The Morgan fingerprint density at radius 1 is 1.13 bits per heavy atom. The number of rotatable bonds is 17. The van der Waals surface area contributed by atoms with Crippen molar-refractivity contribution >= 4 is 11.7 Å². The Morgan fingerprint density at radius 3 is 2.65 bits per heavy atom. The number of amides is 1. The van der Waals surface area contributed by atoms with E-state index in [-0.39, 0.29) is 44.5 Å². The molecule has 0 aromatic heterocycles. The summed E-state index contributed by atoms with van der Waals surface area (Å²) in [6, 6.07) is 5.36. The van der Waals surface area contributed by atoms with Gasteiger partial charge in [-0.25, -0.2) is 0 Å². The number of unbranched alkanes of at least 4 members (excludes halogenated alkanes) is 2. The van der Waals surface area contributed by atoms with Gasteiger partial charge in [-0.3, -0.25) is 9.59 Å². The van der Waals surface area contributed by atoms with Gasteiger partial charge in [0.2, 0.25) is 5.91 Å². The first-order valence-corrected chi connectivity index (χ1v) is 10.9. The molecule has 1 aromatic carbocycles. The van der Waals surface area contributed by atoms with E-state index in [1.807, 2.05) is 6.07 Å². The van der Waals surface area contributed by atoms with Crippen molar-refractivity contribution in [3.8, 4) is 11.5 Å². The molecule has 2 N–H and O–H groups in total. The number of aliphatic hydroxyl groups excluding tert-OH is 1. The predicted octanol–water partition coefficient (Wildman–Crippen LogP) is 3.43. The topological polar surface area (TPSA) is 94.1 Å². The van der Waals surface area contributed by atoms with E-state index in [1.54, 1.807) is 12.1 Å². The van der Waals surface area contributed by atoms with Crippen LogP contribution in [0.15, 0.2) is 30.4 Å². The summed E-state index contributed by atoms with van der Waals surface area (Å²) >= 11 is 0. The van der Waals surface area contributed by atoms with Crippen LogP contribution < -0.4 is 14.8 Å². The minimum atomic E-state index is -0.101. The number of hydrogen-bond donors (Lipinski definition) is 2. The molecular weight excluding hydrogens is 398 g/mol. The number of benzene rings is 1. The molecule has 0 saturated heterocycles. The molecule has 0 atom stereocenters. The van der Waals surface area contributed by atoms with Crippen molar-refractivity contribution in [1.29, 1.82) is 0 Å². The second kappa shape index (κ2) is 16.3. The minimum Gasteiger partial charge on any atom is -0.493 e. The quantitative estimate of drug-likeness (QED) is 0.288. The van der Waals surface area contributed by atoms with Crippen LogP contribution in [-0.2, 0) is 20.9 Å². The number of carbonyl (C=O) groups is 2. The number of allylic oxidation sites excluding steroid dienone is 2. The monoisotopic (exact) mass is 435 g/mol. The maximum absolute atomic E-state index is 12.0. The standard InChI is InChI=1S/C24H37NO6/c1-19(2)8-6-4-5-7-9-24(28)25-17-20-10-11-22(23(16-20)29-3)31-18-21(27)12-14-30-15-13-26/h6,8,10-11,16,19,26H,4-5,7,9,12-15,17-18H2,1-3H3,(H,25,28)/b8-6+. The Morgan fingerprint density at radius 2 is 1.94 bits per heavy atom. The lowest BCUT2D eigenvalue weighted by Crippen LogP contribution is -2.22. The minimum absolute atomic E-state index is 0.0288. The van der Waals surface area contributed by atoms with E-state index >= 15 is 0 Å². The first kappa shape index (κ1) is 26.7. The molecule has 174 valence electrons. The summed E-state index contributed by atoms with van der Waals surface area (Å²) < 4.78 is 16.0. The van der Waals surface area contributed by atoms with Crippen LogP contribution in [0.2, 0.25) is 0 Å². The second-order valence-electron chi connectivity index (χ2n) is 7.59. The van der Waals surface area contributed by atoms with Gasteiger partial charge < -0.3 is 24.6 Å². The van der Waals surface area contributed by atoms with Crippen LogP contribution in [0.3, 0.4) is 0 Å². The number of hydrogen-bond acceptors (Lipinski definition) is 6. The molecule has 0 aliphatic heterocycles. The molecular formula is C24H37NO6. The Hall–Kier alpha value is -2.38. The normalized spacial score (nSPS) is 11.1. The average molecular weight is 436 g/mol. The largest absolute Gasteiger partial charge is 0.493 e. The number of Topliss-reactive ketones (excluding diaryl/α,β-unsaturated/α-hetero) is 1. The number of methoxy groups -OCH3 is 1. The summed E-state index contributed by atoms with van der Waals surface area (Å²) in [6.45, 7) is 5.03. The van der Waals surface area contributed by atoms with Crippen molar-refractivity contribution in [2.45, 2.75) is 52.5 Å². The zero-order valence-corrected chi connectivity index (χ0v) is 19.0. The summed E-state index contributed by atoms with van der Waals surface area (Å²) in [5, 5.41) is 11.6. The van der Waals surface area contributed by atoms with Crippen molar-refractivity contribution in [2.75, 3.05) is 33.5 Å². The molecule has 0 aliphatic rings. The summed E-state index contributed by atoms with van der Waals surface area (Å²) in [5.41, 5.74) is 0.890. The molecule has 1 amide bonds. The maximum atomic E-state index is 12.0. The highest BCUT2D eigenvalue weighted by atomic mass is 16.5. The molecule has 0 bridgehead atoms. The molecule has 7 nitrogen and oxygen atoms in total. The van der Waals surface area contributed by atoms with Crippen LogP contribution in [0.25, 0.3) is 0 Å². The number of ketones is 1. The summed E-state index contributed by atoms with van der Waals surface area (Å²) in [7, 11) is 1.53. The van der Waals surface area contributed by atoms with Crippen LogP contribution in [-0.4, -0.2) is 50.3 Å². The average Bonchev–Trinajstić information content (AvgIpc) is 2.76. The smallest absolute Gasteiger partial charge is 0.220 e. The van der Waals surface area contributed by atoms with E-state index in [1.165, 1.54) is 7.11 Å². The fourth-order valence-electron chi connectivity index (χ4n) is 2.73. The molecule has 0 saturated carbocycles. The van der Waals surface area contributed by atoms with E-state index in [0.717, 1.165) is 24.8 Å². The van der Waals surface area contributed by atoms with Crippen LogP contribution in [0.5, 0.6) is 11.5 Å². The summed E-state index contributed by atoms with van der Waals surface area (Å²) in [4.78, 5) is 23.9. The molecule has 0 heterocycles. The Kier molecular flexibility index (Phi) is 14.0. The number of ether oxygens (including phenoxy) is 3. The highest BCUT2D eigenvalue weighted by molar-refractivity contribution is 5.80. The molecule has 0 unspecified atom stereocenters. The van der Waals surface area contributed by atoms with E-state index < -0.39 is 0 Å². The van der Waals surface area contributed by atoms with Crippen LogP contribution in [0, 0.1) is 5.92 Å². The van der Waals surface area contributed by atoms with Crippen LogP contribution in [0.1, 0.15) is 51.5 Å². The number of aliphatic hydroxyl groups is 1. The van der Waals surface area contributed by atoms with Gasteiger partial charge in [0.15, 0.2) is 17.3 Å². The Balaban J connectivity index is 2.36. The lowest BCUT2D eigenvalue weighted by Gasteiger charge is -2.12. The highest BCUT2D eigenvalue weighted by Crippen LogP contribution is 2.28. The number of carbonyl (C=O) groups excluding carboxylic acids is 2. The fraction of sp³-hybridized carbons (Fsp3) is 0.583. The lowest BCUT2D eigenvalue weighted by atomic mass is 10.1. The number of nitrogens with one attached hydrogen (secondary N) is 1. The zero-order valence-electron chi connectivity index (χ0n) is 19.0.